The van der Waals surface area contributed by atoms with Gasteiger partial charge in [-0.1, -0.05) is 12.1 Å². The molecule has 6 nitrogen and oxygen atoms in total. The van der Waals surface area contributed by atoms with E-state index in [0.29, 0.717) is 30.8 Å². The van der Waals surface area contributed by atoms with Crippen molar-refractivity contribution in [2.45, 2.75) is 39.2 Å². The van der Waals surface area contributed by atoms with Crippen LogP contribution in [0.25, 0.3) is 0 Å². The fourth-order valence-electron chi connectivity index (χ4n) is 3.29. The van der Waals surface area contributed by atoms with E-state index >= 15 is 0 Å². The highest BCUT2D eigenvalue weighted by Crippen LogP contribution is 2.26. The Morgan fingerprint density at radius 2 is 1.60 bits per heavy atom. The van der Waals surface area contributed by atoms with Crippen LogP contribution < -0.4 is 0 Å². The monoisotopic (exact) mass is 344 g/mol. The first-order chi connectivity index (χ1) is 11.8. The summed E-state index contributed by atoms with van der Waals surface area (Å²) in [4.78, 5) is 40.0. The number of carbonyl (C=O) groups is 3. The zero-order valence-corrected chi connectivity index (χ0v) is 14.9. The van der Waals surface area contributed by atoms with Crippen molar-refractivity contribution >= 4 is 17.9 Å². The maximum atomic E-state index is 12.4. The molecule has 0 bridgehead atoms. The lowest BCUT2D eigenvalue weighted by atomic mass is 9.96. The molecule has 2 aliphatic rings. The SMILES string of the molecule is CC(C)(C)OC(=O)N1CCC(CN2C(=O)c3ccccc3C2=O)CC1. The number of likely N-dealkylation sites (tertiary alicyclic amines) is 1. The minimum Gasteiger partial charge on any atom is -0.444 e. The van der Waals surface area contributed by atoms with Crippen molar-refractivity contribution in [1.82, 2.24) is 9.80 Å². The Labute approximate surface area is 147 Å². The summed E-state index contributed by atoms with van der Waals surface area (Å²) in [6.07, 6.45) is 1.21. The van der Waals surface area contributed by atoms with Gasteiger partial charge in [-0.3, -0.25) is 14.5 Å². The smallest absolute Gasteiger partial charge is 0.410 e. The van der Waals surface area contributed by atoms with E-state index in [2.05, 4.69) is 0 Å². The second-order valence-electron chi connectivity index (χ2n) is 7.68. The molecule has 2 aliphatic heterocycles. The summed E-state index contributed by atoms with van der Waals surface area (Å²) in [7, 11) is 0. The highest BCUT2D eigenvalue weighted by Gasteiger charge is 2.37. The van der Waals surface area contributed by atoms with Crippen LogP contribution >= 0.6 is 0 Å². The summed E-state index contributed by atoms with van der Waals surface area (Å²) in [5.41, 5.74) is 0.464. The fourth-order valence-corrected chi connectivity index (χ4v) is 3.29. The summed E-state index contributed by atoms with van der Waals surface area (Å²) in [5.74, 6) is -0.216. The molecule has 134 valence electrons. The van der Waals surface area contributed by atoms with Gasteiger partial charge in [0.25, 0.3) is 11.8 Å². The summed E-state index contributed by atoms with van der Waals surface area (Å²) in [5, 5.41) is 0. The number of rotatable bonds is 2. The van der Waals surface area contributed by atoms with Crippen LogP contribution in [0.2, 0.25) is 0 Å². The van der Waals surface area contributed by atoms with Gasteiger partial charge in [-0.05, 0) is 51.7 Å². The summed E-state index contributed by atoms with van der Waals surface area (Å²) < 4.78 is 5.39. The first kappa shape index (κ1) is 17.5. The number of carbonyl (C=O) groups excluding carboxylic acids is 3. The normalized spacial score (nSPS) is 18.5. The first-order valence-corrected chi connectivity index (χ1v) is 8.69. The van der Waals surface area contributed by atoms with Crippen molar-refractivity contribution in [2.24, 2.45) is 5.92 Å². The molecule has 2 heterocycles. The molecule has 0 aliphatic carbocycles. The molecular weight excluding hydrogens is 320 g/mol. The number of hydrogen-bond acceptors (Lipinski definition) is 4. The predicted molar refractivity (Wildman–Crippen MR) is 92.3 cm³/mol. The highest BCUT2D eigenvalue weighted by molar-refractivity contribution is 6.21. The largest absolute Gasteiger partial charge is 0.444 e. The van der Waals surface area contributed by atoms with Crippen molar-refractivity contribution in [2.75, 3.05) is 19.6 Å². The van der Waals surface area contributed by atoms with E-state index < -0.39 is 5.60 Å². The molecule has 1 fully saturated rings. The molecule has 0 atom stereocenters. The summed E-state index contributed by atoms with van der Waals surface area (Å²) in [6, 6.07) is 6.93. The number of amides is 3. The van der Waals surface area contributed by atoms with Crippen molar-refractivity contribution < 1.29 is 19.1 Å². The van der Waals surface area contributed by atoms with Gasteiger partial charge in [0.15, 0.2) is 0 Å². The Morgan fingerprint density at radius 1 is 1.08 bits per heavy atom. The van der Waals surface area contributed by atoms with Crippen molar-refractivity contribution in [3.8, 4) is 0 Å². The summed E-state index contributed by atoms with van der Waals surface area (Å²) >= 11 is 0. The topological polar surface area (TPSA) is 66.9 Å². The van der Waals surface area contributed by atoms with E-state index in [4.69, 9.17) is 4.74 Å². The minimum atomic E-state index is -0.506. The van der Waals surface area contributed by atoms with Gasteiger partial charge in [-0.15, -0.1) is 0 Å². The van der Waals surface area contributed by atoms with Crippen LogP contribution in [0.15, 0.2) is 24.3 Å². The third kappa shape index (κ3) is 3.67. The molecule has 1 saturated heterocycles. The molecule has 0 radical (unpaired) electrons. The van der Waals surface area contributed by atoms with Crippen LogP contribution in [-0.4, -0.2) is 52.9 Å². The number of nitrogens with zero attached hydrogens (tertiary/aromatic N) is 2. The van der Waals surface area contributed by atoms with Crippen LogP contribution in [0.5, 0.6) is 0 Å². The van der Waals surface area contributed by atoms with Crippen LogP contribution in [-0.2, 0) is 4.74 Å². The molecule has 1 aromatic rings. The van der Waals surface area contributed by atoms with Gasteiger partial charge in [-0.2, -0.15) is 0 Å². The zero-order chi connectivity index (χ0) is 18.2. The highest BCUT2D eigenvalue weighted by atomic mass is 16.6. The van der Waals surface area contributed by atoms with Gasteiger partial charge in [0.2, 0.25) is 0 Å². The molecule has 0 N–H and O–H groups in total. The number of benzene rings is 1. The van der Waals surface area contributed by atoms with Gasteiger partial charge < -0.3 is 9.64 Å². The zero-order valence-electron chi connectivity index (χ0n) is 14.9. The Hall–Kier alpha value is -2.37. The lowest BCUT2D eigenvalue weighted by Gasteiger charge is -2.34. The Balaban J connectivity index is 1.56. The van der Waals surface area contributed by atoms with Crippen LogP contribution in [0, 0.1) is 5.92 Å². The van der Waals surface area contributed by atoms with Gasteiger partial charge in [0.1, 0.15) is 5.60 Å². The molecule has 0 unspecified atom stereocenters. The standard InChI is InChI=1S/C19H24N2O4/c1-19(2,3)25-18(24)20-10-8-13(9-11-20)12-21-16(22)14-6-4-5-7-15(14)17(21)23/h4-7,13H,8-12H2,1-3H3. The number of ether oxygens (including phenoxy) is 1. The Morgan fingerprint density at radius 3 is 2.08 bits per heavy atom. The van der Waals surface area contributed by atoms with E-state index in [1.807, 2.05) is 20.8 Å². The van der Waals surface area contributed by atoms with Crippen LogP contribution in [0.4, 0.5) is 4.79 Å². The number of fused-ring (bicyclic) bond motifs is 1. The third-order valence-corrected chi connectivity index (χ3v) is 4.59. The summed E-state index contributed by atoms with van der Waals surface area (Å²) in [6.45, 7) is 7.12. The van der Waals surface area contributed by atoms with Crippen molar-refractivity contribution in [3.63, 3.8) is 0 Å². The molecular formula is C19H24N2O4. The molecule has 3 rings (SSSR count). The Bertz CT molecular complexity index is 665. The van der Waals surface area contributed by atoms with Crippen molar-refractivity contribution in [3.05, 3.63) is 35.4 Å². The van der Waals surface area contributed by atoms with Gasteiger partial charge in [0, 0.05) is 19.6 Å². The van der Waals surface area contributed by atoms with Crippen LogP contribution in [0.1, 0.15) is 54.3 Å². The van der Waals surface area contributed by atoms with Gasteiger partial charge in [-0.25, -0.2) is 4.79 Å². The minimum absolute atomic E-state index is 0.209. The number of piperidine rings is 1. The van der Waals surface area contributed by atoms with E-state index in [1.54, 1.807) is 29.2 Å². The quantitative estimate of drug-likeness (QED) is 0.774. The predicted octanol–water partition coefficient (Wildman–Crippen LogP) is 2.93. The second-order valence-corrected chi connectivity index (χ2v) is 7.68. The maximum absolute atomic E-state index is 12.4. The molecule has 0 saturated carbocycles. The average molecular weight is 344 g/mol. The van der Waals surface area contributed by atoms with Crippen molar-refractivity contribution in [1.29, 1.82) is 0 Å². The maximum Gasteiger partial charge on any atom is 0.410 e. The van der Waals surface area contributed by atoms with E-state index in [-0.39, 0.29) is 23.8 Å². The fraction of sp³-hybridized carbons (Fsp3) is 0.526. The second kappa shape index (κ2) is 6.50. The third-order valence-electron chi connectivity index (χ3n) is 4.59. The molecule has 6 heteroatoms. The molecule has 0 spiro atoms. The van der Waals surface area contributed by atoms with Gasteiger partial charge in [0.05, 0.1) is 11.1 Å². The lowest BCUT2D eigenvalue weighted by molar-refractivity contribution is 0.0166. The lowest BCUT2D eigenvalue weighted by Crippen LogP contribution is -2.44. The molecule has 3 amide bonds. The van der Waals surface area contributed by atoms with E-state index in [9.17, 15) is 14.4 Å². The average Bonchev–Trinajstić information content (AvgIpc) is 2.79. The molecule has 0 aromatic heterocycles. The molecule has 1 aromatic carbocycles. The van der Waals surface area contributed by atoms with E-state index in [0.717, 1.165) is 12.8 Å². The number of hydrogen-bond donors (Lipinski definition) is 0. The first-order valence-electron chi connectivity index (χ1n) is 8.69. The number of imide groups is 1. The van der Waals surface area contributed by atoms with Crippen LogP contribution in [0.3, 0.4) is 0 Å². The molecule has 25 heavy (non-hydrogen) atoms. The Kier molecular flexibility index (Phi) is 4.54. The van der Waals surface area contributed by atoms with Gasteiger partial charge >= 0.3 is 6.09 Å². The van der Waals surface area contributed by atoms with E-state index in [1.165, 1.54) is 4.90 Å².